The van der Waals surface area contributed by atoms with Crippen LogP contribution >= 0.6 is 11.6 Å². The number of fused-ring (bicyclic) bond motifs is 5. The molecular formula is C33H37ClN4O7. The molecule has 0 saturated carbocycles. The summed E-state index contributed by atoms with van der Waals surface area (Å²) in [4.78, 5) is 40.9. The van der Waals surface area contributed by atoms with Crippen molar-refractivity contribution in [3.63, 3.8) is 0 Å². The van der Waals surface area contributed by atoms with E-state index in [9.17, 15) is 14.4 Å². The smallest absolute Gasteiger partial charge is 0.315 e. The normalized spacial score (nSPS) is 19.0. The number of methoxy groups -OCH3 is 1. The molecule has 1 saturated heterocycles. The highest BCUT2D eigenvalue weighted by molar-refractivity contribution is 6.31. The molecule has 238 valence electrons. The Kier molecular flexibility index (Phi) is 10.8. The minimum atomic E-state index is -0.485. The molecule has 12 heteroatoms. The van der Waals surface area contributed by atoms with Gasteiger partial charge in [-0.15, -0.1) is 0 Å². The standard InChI is InChI=1S/C33H37ClN4O7/c1-21-6-7-23(17-28(21)34)32(40)38-11-8-29-30(19-38)44-20-22-4-3-5-25(14-22)45-27-16-24(15-26(18-27)43-13-12-42-2)31(39)35-9-10-36-33(41)37-29/h3-7,14-18,29-30H,8-13,19-20H2,1-2H3,(H,35,39)(H2,36,37,41)/t29-,30-/m0/s1. The molecule has 45 heavy (non-hydrogen) atoms. The summed E-state index contributed by atoms with van der Waals surface area (Å²) < 4.78 is 23.4. The van der Waals surface area contributed by atoms with Gasteiger partial charge in [-0.3, -0.25) is 9.59 Å². The van der Waals surface area contributed by atoms with Gasteiger partial charge in [0.25, 0.3) is 11.8 Å². The quantitative estimate of drug-likeness (QED) is 0.356. The Balaban J connectivity index is 1.37. The lowest BCUT2D eigenvalue weighted by atomic mass is 10.00. The molecule has 2 atom stereocenters. The molecule has 0 unspecified atom stereocenters. The van der Waals surface area contributed by atoms with Crippen molar-refractivity contribution in [2.75, 3.05) is 46.5 Å². The molecule has 3 aromatic carbocycles. The van der Waals surface area contributed by atoms with E-state index >= 15 is 0 Å². The maximum absolute atomic E-state index is 13.4. The first-order valence-corrected chi connectivity index (χ1v) is 15.2. The van der Waals surface area contributed by atoms with E-state index in [0.717, 1.165) is 11.1 Å². The maximum Gasteiger partial charge on any atom is 0.315 e. The van der Waals surface area contributed by atoms with Crippen molar-refractivity contribution in [2.24, 2.45) is 0 Å². The van der Waals surface area contributed by atoms with Crippen LogP contribution in [0.15, 0.2) is 60.7 Å². The number of aryl methyl sites for hydroxylation is 1. The molecule has 1 fully saturated rings. The summed E-state index contributed by atoms with van der Waals surface area (Å²) in [5, 5.41) is 9.13. The molecule has 3 aromatic rings. The van der Waals surface area contributed by atoms with Crippen molar-refractivity contribution in [1.82, 2.24) is 20.9 Å². The average Bonchev–Trinajstić information content (AvgIpc) is 3.03. The number of nitrogens with one attached hydrogen (secondary N) is 3. The van der Waals surface area contributed by atoms with Crippen LogP contribution in [-0.4, -0.2) is 81.4 Å². The van der Waals surface area contributed by atoms with E-state index in [2.05, 4.69) is 16.0 Å². The van der Waals surface area contributed by atoms with Gasteiger partial charge >= 0.3 is 6.03 Å². The second-order valence-electron chi connectivity index (χ2n) is 10.9. The molecule has 0 radical (unpaired) electrons. The van der Waals surface area contributed by atoms with Crippen molar-refractivity contribution < 1.29 is 33.3 Å². The Hall–Kier alpha value is -4.32. The first kappa shape index (κ1) is 32.1. The first-order valence-electron chi connectivity index (χ1n) is 14.8. The Morgan fingerprint density at radius 2 is 1.87 bits per heavy atom. The predicted octanol–water partition coefficient (Wildman–Crippen LogP) is 4.31. The molecule has 5 rings (SSSR count). The summed E-state index contributed by atoms with van der Waals surface area (Å²) in [6.07, 6.45) is 0.00763. The van der Waals surface area contributed by atoms with Gasteiger partial charge in [0.1, 0.15) is 23.9 Å². The van der Waals surface area contributed by atoms with Crippen LogP contribution in [0.5, 0.6) is 17.2 Å². The number of halogens is 1. The number of benzene rings is 3. The highest BCUT2D eigenvalue weighted by Gasteiger charge is 2.34. The minimum absolute atomic E-state index is 0.151. The SMILES string of the molecule is COCCOc1cc2cc(c1)C(=O)NCCNC(=O)N[C@H]1CCN(C(=O)c3ccc(C)c(Cl)c3)C[C@@H]1OCc1cccc(c1)O2. The van der Waals surface area contributed by atoms with Crippen LogP contribution in [-0.2, 0) is 16.1 Å². The molecule has 0 aliphatic carbocycles. The van der Waals surface area contributed by atoms with E-state index in [0.29, 0.717) is 59.6 Å². The molecule has 2 aliphatic rings. The largest absolute Gasteiger partial charge is 0.491 e. The van der Waals surface area contributed by atoms with Crippen LogP contribution in [0.4, 0.5) is 4.79 Å². The fourth-order valence-electron chi connectivity index (χ4n) is 5.14. The van der Waals surface area contributed by atoms with Gasteiger partial charge in [0.05, 0.1) is 25.4 Å². The second-order valence-corrected chi connectivity index (χ2v) is 11.3. The summed E-state index contributed by atoms with van der Waals surface area (Å²) in [6.45, 7) is 3.90. The fraction of sp³-hybridized carbons (Fsp3) is 0.364. The van der Waals surface area contributed by atoms with E-state index in [1.54, 1.807) is 42.3 Å². The number of likely N-dealkylation sites (tertiary alicyclic amines) is 1. The van der Waals surface area contributed by atoms with E-state index in [4.69, 9.17) is 30.5 Å². The average molecular weight is 637 g/mol. The Morgan fingerprint density at radius 1 is 1.02 bits per heavy atom. The van der Waals surface area contributed by atoms with Crippen LogP contribution in [0, 0.1) is 6.92 Å². The lowest BCUT2D eigenvalue weighted by molar-refractivity contribution is -0.0235. The molecular weight excluding hydrogens is 600 g/mol. The number of ether oxygens (including phenoxy) is 4. The summed E-state index contributed by atoms with van der Waals surface area (Å²) in [6, 6.07) is 16.9. The third-order valence-corrected chi connectivity index (χ3v) is 7.98. The number of urea groups is 1. The number of nitrogens with zero attached hydrogens (tertiary/aromatic N) is 1. The van der Waals surface area contributed by atoms with E-state index in [-0.39, 0.29) is 50.1 Å². The topological polar surface area (TPSA) is 127 Å². The van der Waals surface area contributed by atoms with Crippen LogP contribution in [0.2, 0.25) is 5.02 Å². The number of rotatable bonds is 5. The first-order chi connectivity index (χ1) is 21.8. The fourth-order valence-corrected chi connectivity index (χ4v) is 5.32. The summed E-state index contributed by atoms with van der Waals surface area (Å²) >= 11 is 6.29. The zero-order valence-electron chi connectivity index (χ0n) is 25.3. The highest BCUT2D eigenvalue weighted by atomic mass is 35.5. The van der Waals surface area contributed by atoms with Gasteiger partial charge in [-0.25, -0.2) is 4.79 Å². The van der Waals surface area contributed by atoms with Crippen LogP contribution in [0.25, 0.3) is 0 Å². The summed E-state index contributed by atoms with van der Waals surface area (Å²) in [5.74, 6) is 0.931. The van der Waals surface area contributed by atoms with Gasteiger partial charge in [-0.05, 0) is 60.9 Å². The predicted molar refractivity (Wildman–Crippen MR) is 168 cm³/mol. The van der Waals surface area contributed by atoms with E-state index in [1.165, 1.54) is 0 Å². The maximum atomic E-state index is 13.4. The zero-order chi connectivity index (χ0) is 31.8. The van der Waals surface area contributed by atoms with Gasteiger partial charge in [0.2, 0.25) is 0 Å². The van der Waals surface area contributed by atoms with Crippen molar-refractivity contribution >= 4 is 29.4 Å². The minimum Gasteiger partial charge on any atom is -0.491 e. The molecule has 3 N–H and O–H groups in total. The Labute approximate surface area is 267 Å². The van der Waals surface area contributed by atoms with Crippen molar-refractivity contribution in [1.29, 1.82) is 0 Å². The number of hydrogen-bond acceptors (Lipinski definition) is 7. The summed E-state index contributed by atoms with van der Waals surface area (Å²) in [7, 11) is 1.58. The highest BCUT2D eigenvalue weighted by Crippen LogP contribution is 2.29. The molecule has 4 amide bonds. The van der Waals surface area contributed by atoms with Crippen molar-refractivity contribution in [3.05, 3.63) is 87.9 Å². The van der Waals surface area contributed by atoms with E-state index in [1.807, 2.05) is 37.3 Å². The Bertz CT molecular complexity index is 1530. The molecule has 4 bridgehead atoms. The van der Waals surface area contributed by atoms with Gasteiger partial charge < -0.3 is 39.8 Å². The van der Waals surface area contributed by atoms with Crippen molar-refractivity contribution in [2.45, 2.75) is 32.1 Å². The molecule has 2 heterocycles. The van der Waals surface area contributed by atoms with Crippen LogP contribution in [0.1, 0.15) is 38.3 Å². The van der Waals surface area contributed by atoms with Gasteiger partial charge in [0, 0.05) is 55.5 Å². The van der Waals surface area contributed by atoms with Crippen molar-refractivity contribution in [3.8, 4) is 17.2 Å². The van der Waals surface area contributed by atoms with Crippen LogP contribution < -0.4 is 25.4 Å². The number of carbonyl (C=O) groups is 3. The molecule has 0 aromatic heterocycles. The number of carbonyl (C=O) groups excluding carboxylic acids is 3. The van der Waals surface area contributed by atoms with Gasteiger partial charge in [-0.2, -0.15) is 0 Å². The van der Waals surface area contributed by atoms with E-state index < -0.39 is 6.10 Å². The second kappa shape index (κ2) is 15.1. The lowest BCUT2D eigenvalue weighted by Crippen LogP contribution is -2.58. The van der Waals surface area contributed by atoms with Gasteiger partial charge in [0.15, 0.2) is 0 Å². The third-order valence-electron chi connectivity index (χ3n) is 7.57. The lowest BCUT2D eigenvalue weighted by Gasteiger charge is -2.38. The zero-order valence-corrected chi connectivity index (χ0v) is 26.0. The summed E-state index contributed by atoms with van der Waals surface area (Å²) in [5.41, 5.74) is 2.57. The monoisotopic (exact) mass is 636 g/mol. The Morgan fingerprint density at radius 3 is 2.69 bits per heavy atom. The third kappa shape index (κ3) is 8.65. The number of hydrogen-bond donors (Lipinski definition) is 3. The number of piperidine rings is 1. The van der Waals surface area contributed by atoms with Crippen LogP contribution in [0.3, 0.4) is 0 Å². The molecule has 2 aliphatic heterocycles. The number of amides is 4. The molecule has 0 spiro atoms. The van der Waals surface area contributed by atoms with Gasteiger partial charge in [-0.1, -0.05) is 29.8 Å². The molecule has 11 nitrogen and oxygen atoms in total.